The predicted octanol–water partition coefficient (Wildman–Crippen LogP) is 2.74. The number of rotatable bonds is 6. The van der Waals surface area contributed by atoms with E-state index in [0.29, 0.717) is 6.61 Å². The molecule has 1 rings (SSSR count). The Morgan fingerprint density at radius 2 is 2.31 bits per heavy atom. The van der Waals surface area contributed by atoms with Crippen LogP contribution in [0.25, 0.3) is 6.08 Å². The Bertz CT molecular complexity index is 394. The predicted molar refractivity (Wildman–Crippen MR) is 63.4 cm³/mol. The van der Waals surface area contributed by atoms with Gasteiger partial charge in [0.15, 0.2) is 0 Å². The lowest BCUT2D eigenvalue weighted by Gasteiger charge is -2.04. The SMILES string of the molecule is C=CCCOc1cccc(/C=C/C(=O)O)c1. The topological polar surface area (TPSA) is 46.5 Å². The van der Waals surface area contributed by atoms with E-state index in [1.165, 1.54) is 6.08 Å². The third-order valence-electron chi connectivity index (χ3n) is 1.87. The minimum absolute atomic E-state index is 0.579. The van der Waals surface area contributed by atoms with E-state index >= 15 is 0 Å². The van der Waals surface area contributed by atoms with Crippen LogP contribution in [-0.2, 0) is 4.79 Å². The maximum atomic E-state index is 10.3. The highest BCUT2D eigenvalue weighted by Crippen LogP contribution is 2.14. The Labute approximate surface area is 94.7 Å². The van der Waals surface area contributed by atoms with Gasteiger partial charge in [-0.1, -0.05) is 18.2 Å². The third-order valence-corrected chi connectivity index (χ3v) is 1.87. The second-order valence-corrected chi connectivity index (χ2v) is 3.17. The van der Waals surface area contributed by atoms with Crippen LogP contribution in [0.4, 0.5) is 0 Å². The van der Waals surface area contributed by atoms with Gasteiger partial charge in [-0.05, 0) is 30.2 Å². The summed E-state index contributed by atoms with van der Waals surface area (Å²) < 4.78 is 5.44. The van der Waals surface area contributed by atoms with Gasteiger partial charge in [-0.25, -0.2) is 4.79 Å². The average Bonchev–Trinajstić information content (AvgIpc) is 2.27. The first-order valence-corrected chi connectivity index (χ1v) is 4.97. The molecule has 0 amide bonds. The summed E-state index contributed by atoms with van der Waals surface area (Å²) in [7, 11) is 0. The molecule has 0 atom stereocenters. The lowest BCUT2D eigenvalue weighted by atomic mass is 10.2. The zero-order chi connectivity index (χ0) is 11.8. The molecule has 1 aromatic carbocycles. The van der Waals surface area contributed by atoms with Gasteiger partial charge in [0.05, 0.1) is 6.61 Å². The van der Waals surface area contributed by atoms with E-state index < -0.39 is 5.97 Å². The summed E-state index contributed by atoms with van der Waals surface area (Å²) in [5, 5.41) is 8.49. The summed E-state index contributed by atoms with van der Waals surface area (Å²) in [6.07, 6.45) is 5.20. The summed E-state index contributed by atoms with van der Waals surface area (Å²) >= 11 is 0. The number of carboxylic acids is 1. The molecule has 0 saturated heterocycles. The molecule has 3 nitrogen and oxygen atoms in total. The molecular formula is C13H14O3. The Morgan fingerprint density at radius 1 is 1.50 bits per heavy atom. The minimum Gasteiger partial charge on any atom is -0.493 e. The summed E-state index contributed by atoms with van der Waals surface area (Å²) in [6, 6.07) is 7.27. The van der Waals surface area contributed by atoms with E-state index in [1.54, 1.807) is 12.1 Å². The Hall–Kier alpha value is -2.03. The zero-order valence-electron chi connectivity index (χ0n) is 8.93. The number of carboxylic acid groups (broad SMARTS) is 1. The van der Waals surface area contributed by atoms with Crippen LogP contribution in [0.3, 0.4) is 0 Å². The second kappa shape index (κ2) is 6.45. The first-order valence-electron chi connectivity index (χ1n) is 4.97. The first kappa shape index (κ1) is 12.0. The van der Waals surface area contributed by atoms with Gasteiger partial charge in [-0.2, -0.15) is 0 Å². The van der Waals surface area contributed by atoms with E-state index in [2.05, 4.69) is 6.58 Å². The van der Waals surface area contributed by atoms with Crippen LogP contribution in [0.15, 0.2) is 43.0 Å². The highest BCUT2D eigenvalue weighted by molar-refractivity contribution is 5.85. The van der Waals surface area contributed by atoms with Gasteiger partial charge >= 0.3 is 5.97 Å². The van der Waals surface area contributed by atoms with Gasteiger partial charge in [-0.15, -0.1) is 6.58 Å². The van der Waals surface area contributed by atoms with Crippen molar-refractivity contribution in [1.29, 1.82) is 0 Å². The molecule has 0 aliphatic rings. The standard InChI is InChI=1S/C13H14O3/c1-2-3-9-16-12-6-4-5-11(10-12)7-8-13(14)15/h2,4-8,10H,1,3,9H2,(H,14,15)/b8-7+. The van der Waals surface area contributed by atoms with E-state index in [-0.39, 0.29) is 0 Å². The van der Waals surface area contributed by atoms with Gasteiger partial charge in [0.1, 0.15) is 5.75 Å². The fraction of sp³-hybridized carbons (Fsp3) is 0.154. The van der Waals surface area contributed by atoms with Gasteiger partial charge in [0.25, 0.3) is 0 Å². The van der Waals surface area contributed by atoms with Gasteiger partial charge < -0.3 is 9.84 Å². The summed E-state index contributed by atoms with van der Waals surface area (Å²) in [5.41, 5.74) is 0.804. The van der Waals surface area contributed by atoms with E-state index in [0.717, 1.165) is 23.8 Å². The van der Waals surface area contributed by atoms with Gasteiger partial charge in [-0.3, -0.25) is 0 Å². The molecule has 84 valence electrons. The van der Waals surface area contributed by atoms with Crippen molar-refractivity contribution in [2.24, 2.45) is 0 Å². The number of benzene rings is 1. The van der Waals surface area contributed by atoms with Crippen molar-refractivity contribution in [3.05, 3.63) is 48.6 Å². The lowest BCUT2D eigenvalue weighted by molar-refractivity contribution is -0.131. The van der Waals surface area contributed by atoms with Crippen molar-refractivity contribution in [3.63, 3.8) is 0 Å². The van der Waals surface area contributed by atoms with Crippen LogP contribution >= 0.6 is 0 Å². The maximum absolute atomic E-state index is 10.3. The summed E-state index contributed by atoms with van der Waals surface area (Å²) in [4.78, 5) is 10.3. The summed E-state index contributed by atoms with van der Waals surface area (Å²) in [6.45, 7) is 4.18. The van der Waals surface area contributed by atoms with Crippen LogP contribution in [0.2, 0.25) is 0 Å². The van der Waals surface area contributed by atoms with Gasteiger partial charge in [0, 0.05) is 6.08 Å². The van der Waals surface area contributed by atoms with Crippen LogP contribution < -0.4 is 4.74 Å². The molecule has 0 spiro atoms. The molecule has 0 fully saturated rings. The quantitative estimate of drug-likeness (QED) is 0.453. The second-order valence-electron chi connectivity index (χ2n) is 3.17. The molecule has 16 heavy (non-hydrogen) atoms. The van der Waals surface area contributed by atoms with Crippen molar-refractivity contribution < 1.29 is 14.6 Å². The third kappa shape index (κ3) is 4.46. The molecule has 0 aliphatic carbocycles. The largest absolute Gasteiger partial charge is 0.493 e. The molecule has 1 N–H and O–H groups in total. The molecule has 1 aromatic rings. The number of carbonyl (C=O) groups is 1. The fourth-order valence-corrected chi connectivity index (χ4v) is 1.14. The Morgan fingerprint density at radius 3 is 3.00 bits per heavy atom. The van der Waals surface area contributed by atoms with Gasteiger partial charge in [0.2, 0.25) is 0 Å². The molecule has 0 saturated carbocycles. The fourth-order valence-electron chi connectivity index (χ4n) is 1.14. The molecule has 0 unspecified atom stereocenters. The first-order chi connectivity index (χ1) is 7.72. The Balaban J connectivity index is 2.63. The van der Waals surface area contributed by atoms with Crippen LogP contribution in [0, 0.1) is 0 Å². The van der Waals surface area contributed by atoms with E-state index in [9.17, 15) is 4.79 Å². The number of hydrogen-bond acceptors (Lipinski definition) is 2. The zero-order valence-corrected chi connectivity index (χ0v) is 8.93. The number of hydrogen-bond donors (Lipinski definition) is 1. The normalized spacial score (nSPS) is 10.2. The number of ether oxygens (including phenoxy) is 1. The lowest BCUT2D eigenvalue weighted by Crippen LogP contribution is -1.95. The molecule has 0 aliphatic heterocycles. The molecule has 0 bridgehead atoms. The molecular weight excluding hydrogens is 204 g/mol. The van der Waals surface area contributed by atoms with Crippen LogP contribution in [-0.4, -0.2) is 17.7 Å². The summed E-state index contributed by atoms with van der Waals surface area (Å²) in [5.74, 6) is -0.229. The molecule has 0 heterocycles. The van der Waals surface area contributed by atoms with Crippen molar-refractivity contribution in [2.45, 2.75) is 6.42 Å². The highest BCUT2D eigenvalue weighted by Gasteiger charge is 1.94. The van der Waals surface area contributed by atoms with E-state index in [1.807, 2.05) is 18.2 Å². The monoisotopic (exact) mass is 218 g/mol. The van der Waals surface area contributed by atoms with Crippen molar-refractivity contribution in [3.8, 4) is 5.75 Å². The Kier molecular flexibility index (Phi) is 4.86. The van der Waals surface area contributed by atoms with E-state index in [4.69, 9.17) is 9.84 Å². The molecule has 0 radical (unpaired) electrons. The van der Waals surface area contributed by atoms with Crippen molar-refractivity contribution in [1.82, 2.24) is 0 Å². The molecule has 3 heteroatoms. The maximum Gasteiger partial charge on any atom is 0.328 e. The highest BCUT2D eigenvalue weighted by atomic mass is 16.5. The minimum atomic E-state index is -0.960. The van der Waals surface area contributed by atoms with Crippen LogP contribution in [0.1, 0.15) is 12.0 Å². The number of aliphatic carboxylic acids is 1. The van der Waals surface area contributed by atoms with Crippen LogP contribution in [0.5, 0.6) is 5.75 Å². The van der Waals surface area contributed by atoms with Crippen molar-refractivity contribution >= 4 is 12.0 Å². The average molecular weight is 218 g/mol. The van der Waals surface area contributed by atoms with Crippen molar-refractivity contribution in [2.75, 3.05) is 6.61 Å². The molecule has 0 aromatic heterocycles. The smallest absolute Gasteiger partial charge is 0.328 e.